The standard InChI is InChI=1S/C30H52O6/c1-19-9-11-23(32)27(7,15-14-22(31)25(3,4)33)21(19)13-16-28(8)20(2)10-12-24-29(28)17-18-30(34,35-24)26(5,6)36-29/h19-22,24,31,33-34H,9-18H2,1-8H3/t19-,20-,21-,22-,24-,27-,28+,29+,30+/m0/s1. The topological polar surface area (TPSA) is 96.2 Å². The molecule has 2 aliphatic carbocycles. The zero-order chi connectivity index (χ0) is 26.9. The minimum absolute atomic E-state index is 0.107. The normalized spacial score (nSPS) is 47.5. The molecular weight excluding hydrogens is 456 g/mol. The second-order valence-corrected chi connectivity index (χ2v) is 14.5. The van der Waals surface area contributed by atoms with Crippen molar-refractivity contribution in [2.75, 3.05) is 0 Å². The third-order valence-corrected chi connectivity index (χ3v) is 11.7. The summed E-state index contributed by atoms with van der Waals surface area (Å²) in [4.78, 5) is 13.4. The van der Waals surface area contributed by atoms with Gasteiger partial charge in [-0.3, -0.25) is 4.79 Å². The van der Waals surface area contributed by atoms with Crippen LogP contribution in [0.2, 0.25) is 0 Å². The van der Waals surface area contributed by atoms with E-state index in [1.165, 1.54) is 0 Å². The Hall–Kier alpha value is -0.530. The SMILES string of the molecule is C[C@H]1CCC(=O)[C@@](C)(CC[C@H](O)C(C)(C)O)[C@H]1CC[C@]1(C)[C@@H](C)CC[C@@H]2O[C@]3(O)CC[C@@]21OC3(C)C. The Bertz CT molecular complexity index is 849. The first-order valence-electron chi connectivity index (χ1n) is 14.5. The van der Waals surface area contributed by atoms with Gasteiger partial charge in [0.15, 0.2) is 5.79 Å². The van der Waals surface area contributed by atoms with Gasteiger partial charge in [-0.2, -0.15) is 0 Å². The highest BCUT2D eigenvalue weighted by Gasteiger charge is 2.72. The Morgan fingerprint density at radius 3 is 2.33 bits per heavy atom. The number of carbonyl (C=O) groups is 1. The maximum absolute atomic E-state index is 13.4. The van der Waals surface area contributed by atoms with Crippen molar-refractivity contribution in [2.45, 2.75) is 154 Å². The molecule has 5 rings (SSSR count). The van der Waals surface area contributed by atoms with E-state index in [4.69, 9.17) is 9.47 Å². The smallest absolute Gasteiger partial charge is 0.195 e. The van der Waals surface area contributed by atoms with Gasteiger partial charge in [-0.25, -0.2) is 0 Å². The van der Waals surface area contributed by atoms with Gasteiger partial charge >= 0.3 is 0 Å². The van der Waals surface area contributed by atoms with Crippen LogP contribution in [-0.2, 0) is 14.3 Å². The number of carbonyl (C=O) groups excluding carboxylic acids is 1. The van der Waals surface area contributed by atoms with Gasteiger partial charge in [-0.1, -0.05) is 27.7 Å². The van der Waals surface area contributed by atoms with E-state index in [0.717, 1.165) is 38.5 Å². The number of ketones is 1. The van der Waals surface area contributed by atoms with Crippen LogP contribution in [0.15, 0.2) is 0 Å². The van der Waals surface area contributed by atoms with Crippen LogP contribution in [-0.4, -0.2) is 55.9 Å². The number of aliphatic hydroxyl groups is 3. The summed E-state index contributed by atoms with van der Waals surface area (Å²) in [6.07, 6.45) is 6.73. The average molecular weight is 509 g/mol. The van der Waals surface area contributed by atoms with Crippen molar-refractivity contribution < 1.29 is 29.6 Å². The van der Waals surface area contributed by atoms with E-state index in [-0.39, 0.29) is 17.4 Å². The van der Waals surface area contributed by atoms with Crippen LogP contribution in [0.5, 0.6) is 0 Å². The summed E-state index contributed by atoms with van der Waals surface area (Å²) >= 11 is 0. The Labute approximate surface area is 218 Å². The quantitative estimate of drug-likeness (QED) is 0.440. The molecule has 3 aliphatic heterocycles. The van der Waals surface area contributed by atoms with Crippen LogP contribution < -0.4 is 0 Å². The van der Waals surface area contributed by atoms with Gasteiger partial charge in [-0.05, 0) is 96.8 Å². The number of Topliss-reactive ketones (excluding diaryl/α,β-unsaturated/α-hetero) is 1. The van der Waals surface area contributed by atoms with Gasteiger partial charge in [0.05, 0.1) is 17.8 Å². The Morgan fingerprint density at radius 2 is 1.72 bits per heavy atom. The van der Waals surface area contributed by atoms with E-state index in [2.05, 4.69) is 27.7 Å². The van der Waals surface area contributed by atoms with E-state index in [9.17, 15) is 20.1 Å². The lowest BCUT2D eigenvalue weighted by Crippen LogP contribution is -2.78. The van der Waals surface area contributed by atoms with Gasteiger partial charge in [0.1, 0.15) is 17.0 Å². The van der Waals surface area contributed by atoms with E-state index < -0.39 is 34.1 Å². The summed E-state index contributed by atoms with van der Waals surface area (Å²) in [5.74, 6) is 0.138. The molecule has 9 atom stereocenters. The summed E-state index contributed by atoms with van der Waals surface area (Å²) in [6, 6.07) is 0. The zero-order valence-corrected chi connectivity index (χ0v) is 24.0. The van der Waals surface area contributed by atoms with Gasteiger partial charge in [0, 0.05) is 23.7 Å². The molecule has 3 saturated heterocycles. The number of ether oxygens (including phenoxy) is 2. The van der Waals surface area contributed by atoms with Gasteiger partial charge in [0.25, 0.3) is 0 Å². The molecule has 2 saturated carbocycles. The molecule has 208 valence electrons. The highest BCUT2D eigenvalue weighted by Crippen LogP contribution is 2.65. The molecule has 0 radical (unpaired) electrons. The minimum atomic E-state index is -1.23. The summed E-state index contributed by atoms with van der Waals surface area (Å²) in [5, 5.41) is 32.0. The molecule has 5 fully saturated rings. The van der Waals surface area contributed by atoms with Crippen LogP contribution in [0.1, 0.15) is 120 Å². The lowest BCUT2D eigenvalue weighted by atomic mass is 9.50. The van der Waals surface area contributed by atoms with Crippen LogP contribution in [0, 0.1) is 28.6 Å². The molecule has 1 spiro atoms. The minimum Gasteiger partial charge on any atom is -0.390 e. The van der Waals surface area contributed by atoms with E-state index in [1.807, 2.05) is 13.8 Å². The molecule has 0 aromatic rings. The number of aliphatic hydroxyl groups excluding tert-OH is 1. The van der Waals surface area contributed by atoms with Crippen molar-refractivity contribution >= 4 is 5.78 Å². The monoisotopic (exact) mass is 508 g/mol. The number of rotatable bonds is 7. The second-order valence-electron chi connectivity index (χ2n) is 14.5. The molecule has 0 aromatic carbocycles. The first-order valence-corrected chi connectivity index (χ1v) is 14.5. The van der Waals surface area contributed by atoms with Crippen LogP contribution in [0.4, 0.5) is 0 Å². The van der Waals surface area contributed by atoms with E-state index >= 15 is 0 Å². The molecule has 0 amide bonds. The predicted octanol–water partition coefficient (Wildman–Crippen LogP) is 5.15. The summed E-state index contributed by atoms with van der Waals surface area (Å²) in [7, 11) is 0. The van der Waals surface area contributed by atoms with Crippen molar-refractivity contribution in [1.82, 2.24) is 0 Å². The van der Waals surface area contributed by atoms with E-state index in [0.29, 0.717) is 43.3 Å². The molecule has 6 heteroatoms. The molecule has 0 aromatic heterocycles. The van der Waals surface area contributed by atoms with E-state index in [1.54, 1.807) is 13.8 Å². The number of hydrogen-bond donors (Lipinski definition) is 3. The molecule has 5 aliphatic rings. The van der Waals surface area contributed by atoms with Gasteiger partial charge in [0.2, 0.25) is 0 Å². The lowest BCUT2D eigenvalue weighted by molar-refractivity contribution is -0.468. The lowest BCUT2D eigenvalue weighted by Gasteiger charge is -2.70. The average Bonchev–Trinajstić information content (AvgIpc) is 2.77. The fourth-order valence-electron chi connectivity index (χ4n) is 8.51. The Kier molecular flexibility index (Phi) is 7.13. The zero-order valence-electron chi connectivity index (χ0n) is 24.0. The van der Waals surface area contributed by atoms with Crippen LogP contribution >= 0.6 is 0 Å². The van der Waals surface area contributed by atoms with Gasteiger partial charge < -0.3 is 24.8 Å². The largest absolute Gasteiger partial charge is 0.390 e. The van der Waals surface area contributed by atoms with Crippen LogP contribution in [0.3, 0.4) is 0 Å². The molecule has 3 N–H and O–H groups in total. The second kappa shape index (κ2) is 9.01. The van der Waals surface area contributed by atoms with Crippen molar-refractivity contribution in [3.05, 3.63) is 0 Å². The molecule has 6 nitrogen and oxygen atoms in total. The highest BCUT2D eigenvalue weighted by atomic mass is 16.7. The summed E-state index contributed by atoms with van der Waals surface area (Å²) in [6.45, 7) is 16.2. The fraction of sp³-hybridized carbons (Fsp3) is 0.967. The summed E-state index contributed by atoms with van der Waals surface area (Å²) < 4.78 is 13.3. The molecule has 0 unspecified atom stereocenters. The van der Waals surface area contributed by atoms with Crippen molar-refractivity contribution in [1.29, 1.82) is 0 Å². The molecule has 2 bridgehead atoms. The number of fused-ring (bicyclic) bond motifs is 2. The van der Waals surface area contributed by atoms with Crippen molar-refractivity contribution in [3.8, 4) is 0 Å². The van der Waals surface area contributed by atoms with Crippen molar-refractivity contribution in [3.63, 3.8) is 0 Å². The highest BCUT2D eigenvalue weighted by molar-refractivity contribution is 5.85. The Balaban J connectivity index is 1.59. The number of hydrogen-bond acceptors (Lipinski definition) is 6. The Morgan fingerprint density at radius 1 is 1.06 bits per heavy atom. The maximum Gasteiger partial charge on any atom is 0.195 e. The van der Waals surface area contributed by atoms with Gasteiger partial charge in [-0.15, -0.1) is 0 Å². The molecule has 3 heterocycles. The molecular formula is C30H52O6. The maximum atomic E-state index is 13.4. The van der Waals surface area contributed by atoms with Crippen molar-refractivity contribution in [2.24, 2.45) is 28.6 Å². The predicted molar refractivity (Wildman–Crippen MR) is 139 cm³/mol. The third-order valence-electron chi connectivity index (χ3n) is 11.7. The summed E-state index contributed by atoms with van der Waals surface area (Å²) in [5.41, 5.74) is -3.03. The molecule has 36 heavy (non-hydrogen) atoms. The first-order chi connectivity index (χ1) is 16.4. The third kappa shape index (κ3) is 4.22. The van der Waals surface area contributed by atoms with Crippen LogP contribution in [0.25, 0.3) is 0 Å². The first kappa shape index (κ1) is 28.5. The fourth-order valence-corrected chi connectivity index (χ4v) is 8.51.